The van der Waals surface area contributed by atoms with Crippen LogP contribution in [0.1, 0.15) is 46.8 Å². The molecule has 6 unspecified atom stereocenters. The second-order valence-electron chi connectivity index (χ2n) is 8.60. The first-order chi connectivity index (χ1) is 14.2. The summed E-state index contributed by atoms with van der Waals surface area (Å²) in [6.07, 6.45) is -3.37. The summed E-state index contributed by atoms with van der Waals surface area (Å²) in [6, 6.07) is 1.48. The SMILES string of the molecule is CCC(C)(O)P(=O)(O)OC(C)(C)CC1OC(n2ccc3c(=O)[nH]c(N)nc32)C(O)C1O. The Labute approximate surface area is 178 Å². The van der Waals surface area contributed by atoms with E-state index in [2.05, 4.69) is 9.97 Å². The summed E-state index contributed by atoms with van der Waals surface area (Å²) in [5, 5.41) is 29.6. The van der Waals surface area contributed by atoms with E-state index in [1.165, 1.54) is 37.6 Å². The summed E-state index contributed by atoms with van der Waals surface area (Å²) in [6.45, 7) is 5.80. The molecule has 0 aromatic carbocycles. The highest BCUT2D eigenvalue weighted by molar-refractivity contribution is 7.54. The number of nitrogens with two attached hydrogens (primary N) is 1. The van der Waals surface area contributed by atoms with Gasteiger partial charge in [-0.05, 0) is 33.3 Å². The maximum atomic E-state index is 12.5. The third kappa shape index (κ3) is 4.42. The number of anilines is 1. The van der Waals surface area contributed by atoms with Crippen molar-refractivity contribution in [3.63, 3.8) is 0 Å². The lowest BCUT2D eigenvalue weighted by atomic mass is 9.97. The van der Waals surface area contributed by atoms with Crippen molar-refractivity contribution >= 4 is 24.6 Å². The average Bonchev–Trinajstić information content (AvgIpc) is 3.16. The average molecular weight is 460 g/mol. The molecule has 0 spiro atoms. The molecule has 2 aromatic heterocycles. The van der Waals surface area contributed by atoms with Gasteiger partial charge < -0.3 is 39.8 Å². The Kier molecular flexibility index (Phi) is 6.13. The van der Waals surface area contributed by atoms with Crippen molar-refractivity contribution in [3.05, 3.63) is 22.6 Å². The van der Waals surface area contributed by atoms with Crippen LogP contribution in [0.15, 0.2) is 17.1 Å². The van der Waals surface area contributed by atoms with Crippen molar-refractivity contribution in [2.24, 2.45) is 0 Å². The largest absolute Gasteiger partial charge is 0.388 e. The van der Waals surface area contributed by atoms with Crippen LogP contribution in [-0.4, -0.2) is 64.0 Å². The molecule has 1 aliphatic heterocycles. The molecule has 0 amide bonds. The Morgan fingerprint density at radius 2 is 2.00 bits per heavy atom. The van der Waals surface area contributed by atoms with Crippen LogP contribution in [0.3, 0.4) is 0 Å². The number of aromatic nitrogens is 3. The minimum Gasteiger partial charge on any atom is -0.388 e. The monoisotopic (exact) mass is 460 g/mol. The normalized spacial score (nSPS) is 28.5. The van der Waals surface area contributed by atoms with E-state index in [0.717, 1.165) is 0 Å². The van der Waals surface area contributed by atoms with Gasteiger partial charge in [0, 0.05) is 12.6 Å². The summed E-state index contributed by atoms with van der Waals surface area (Å²) in [5.41, 5.74) is 4.04. The van der Waals surface area contributed by atoms with Crippen molar-refractivity contribution in [3.8, 4) is 0 Å². The molecule has 1 saturated heterocycles. The van der Waals surface area contributed by atoms with Gasteiger partial charge in [-0.25, -0.2) is 0 Å². The summed E-state index contributed by atoms with van der Waals surface area (Å²) in [4.78, 5) is 28.7. The minimum absolute atomic E-state index is 0.00380. The van der Waals surface area contributed by atoms with Crippen molar-refractivity contribution in [1.82, 2.24) is 14.5 Å². The van der Waals surface area contributed by atoms with E-state index in [4.69, 9.17) is 15.0 Å². The van der Waals surface area contributed by atoms with Crippen molar-refractivity contribution in [2.75, 3.05) is 5.73 Å². The van der Waals surface area contributed by atoms with Crippen LogP contribution in [0.25, 0.3) is 11.0 Å². The zero-order valence-electron chi connectivity index (χ0n) is 17.7. The van der Waals surface area contributed by atoms with E-state index in [1.54, 1.807) is 6.92 Å². The molecule has 0 aliphatic carbocycles. The van der Waals surface area contributed by atoms with Gasteiger partial charge in [0.2, 0.25) is 5.95 Å². The van der Waals surface area contributed by atoms with Gasteiger partial charge in [0.1, 0.15) is 12.2 Å². The Hall–Kier alpha value is -1.79. The number of nitrogen functional groups attached to an aromatic ring is 1. The minimum atomic E-state index is -4.43. The Morgan fingerprint density at radius 1 is 1.35 bits per heavy atom. The summed E-state index contributed by atoms with van der Waals surface area (Å²) < 4.78 is 25.1. The fraction of sp³-hybridized carbons (Fsp3) is 0.667. The predicted molar refractivity (Wildman–Crippen MR) is 111 cm³/mol. The molecule has 174 valence electrons. The number of nitrogens with one attached hydrogen (secondary N) is 1. The first-order valence-corrected chi connectivity index (χ1v) is 11.4. The first kappa shape index (κ1) is 23.9. The molecule has 7 N–H and O–H groups in total. The molecule has 1 aliphatic rings. The van der Waals surface area contributed by atoms with E-state index in [0.29, 0.717) is 0 Å². The lowest BCUT2D eigenvalue weighted by Gasteiger charge is -2.35. The molecule has 31 heavy (non-hydrogen) atoms. The Bertz CT molecular complexity index is 1060. The van der Waals surface area contributed by atoms with Crippen LogP contribution in [-0.2, 0) is 13.8 Å². The van der Waals surface area contributed by atoms with Gasteiger partial charge in [0.15, 0.2) is 17.2 Å². The van der Waals surface area contributed by atoms with Gasteiger partial charge in [0.05, 0.1) is 17.1 Å². The smallest absolute Gasteiger partial charge is 0.359 e. The van der Waals surface area contributed by atoms with E-state index in [9.17, 15) is 29.6 Å². The number of ether oxygens (including phenoxy) is 1. The standard InChI is InChI=1S/C18H29N4O8P/c1-5-18(4,26)31(27,28)30-17(2,3)8-10-11(23)12(24)15(29-10)22-7-6-9-13(22)20-16(19)21-14(9)25/h6-7,10-12,15,23-24,26H,5,8H2,1-4H3,(H,27,28)(H3,19,20,21,25). The second-order valence-corrected chi connectivity index (χ2v) is 10.8. The van der Waals surface area contributed by atoms with Gasteiger partial charge in [-0.15, -0.1) is 0 Å². The second kappa shape index (κ2) is 7.96. The number of rotatable bonds is 7. The molecule has 1 fully saturated rings. The van der Waals surface area contributed by atoms with E-state index in [1.807, 2.05) is 0 Å². The molecule has 6 atom stereocenters. The summed E-state index contributed by atoms with van der Waals surface area (Å²) >= 11 is 0. The molecule has 12 nitrogen and oxygen atoms in total. The van der Waals surface area contributed by atoms with Crippen molar-refractivity contribution in [1.29, 1.82) is 0 Å². The third-order valence-electron chi connectivity index (χ3n) is 5.55. The molecule has 3 heterocycles. The quantitative estimate of drug-likeness (QED) is 0.315. The van der Waals surface area contributed by atoms with Gasteiger partial charge in [-0.2, -0.15) is 4.98 Å². The number of fused-ring (bicyclic) bond motifs is 1. The topological polar surface area (TPSA) is 193 Å². The van der Waals surface area contributed by atoms with Gasteiger partial charge >= 0.3 is 7.60 Å². The van der Waals surface area contributed by atoms with Crippen molar-refractivity contribution < 1.29 is 34.0 Å². The van der Waals surface area contributed by atoms with Crippen LogP contribution in [0.4, 0.5) is 5.95 Å². The van der Waals surface area contributed by atoms with E-state index in [-0.39, 0.29) is 29.8 Å². The van der Waals surface area contributed by atoms with Gasteiger partial charge in [-0.1, -0.05) is 6.92 Å². The molecule has 13 heteroatoms. The van der Waals surface area contributed by atoms with Crippen molar-refractivity contribution in [2.45, 2.75) is 76.0 Å². The molecule has 2 aromatic rings. The molecule has 0 radical (unpaired) electrons. The molecular weight excluding hydrogens is 431 g/mol. The van der Waals surface area contributed by atoms with E-state index < -0.39 is 48.6 Å². The fourth-order valence-corrected chi connectivity index (χ4v) is 4.89. The predicted octanol–water partition coefficient (Wildman–Crippen LogP) is 0.415. The zero-order chi connectivity index (χ0) is 23.4. The van der Waals surface area contributed by atoms with Crippen LogP contribution in [0.5, 0.6) is 0 Å². The zero-order valence-corrected chi connectivity index (χ0v) is 18.6. The third-order valence-corrected chi connectivity index (χ3v) is 7.83. The van der Waals surface area contributed by atoms with Gasteiger partial charge in [0.25, 0.3) is 5.56 Å². The number of aromatic amines is 1. The maximum Gasteiger partial charge on any atom is 0.359 e. The highest BCUT2D eigenvalue weighted by atomic mass is 31.2. The summed E-state index contributed by atoms with van der Waals surface area (Å²) in [5.74, 6) is -0.113. The van der Waals surface area contributed by atoms with E-state index >= 15 is 0 Å². The summed E-state index contributed by atoms with van der Waals surface area (Å²) in [7, 11) is -4.43. The number of H-pyrrole nitrogens is 1. The Morgan fingerprint density at radius 3 is 2.61 bits per heavy atom. The fourth-order valence-electron chi connectivity index (χ4n) is 3.55. The number of aliphatic hydroxyl groups excluding tert-OH is 2. The van der Waals surface area contributed by atoms with Crippen LogP contribution >= 0.6 is 7.60 Å². The van der Waals surface area contributed by atoms with Crippen LogP contribution < -0.4 is 11.3 Å². The maximum absolute atomic E-state index is 12.5. The van der Waals surface area contributed by atoms with Crippen LogP contribution in [0, 0.1) is 0 Å². The lowest BCUT2D eigenvalue weighted by Crippen LogP contribution is -2.38. The lowest BCUT2D eigenvalue weighted by molar-refractivity contribution is -0.0634. The molecule has 0 bridgehead atoms. The number of nitrogens with zero attached hydrogens (tertiary/aromatic N) is 2. The number of aliphatic hydroxyl groups is 3. The highest BCUT2D eigenvalue weighted by Crippen LogP contribution is 2.58. The van der Waals surface area contributed by atoms with Gasteiger partial charge in [-0.3, -0.25) is 14.3 Å². The van der Waals surface area contributed by atoms with Crippen LogP contribution in [0.2, 0.25) is 0 Å². The Balaban J connectivity index is 1.83. The number of hydrogen-bond acceptors (Lipinski definition) is 9. The first-order valence-electron chi connectivity index (χ1n) is 9.83. The highest BCUT2D eigenvalue weighted by Gasteiger charge is 2.50. The number of hydrogen-bond donors (Lipinski definition) is 6. The molecule has 3 rings (SSSR count). The molecular formula is C18H29N4O8P. The molecule has 0 saturated carbocycles.